The number of nitrogens with zero attached hydrogens (tertiary/aromatic N) is 2. The van der Waals surface area contributed by atoms with Crippen molar-refractivity contribution >= 4 is 23.3 Å². The number of carboxylic acid groups (broad SMARTS) is 1. The summed E-state index contributed by atoms with van der Waals surface area (Å²) in [7, 11) is 3.21. The summed E-state index contributed by atoms with van der Waals surface area (Å²) in [6.07, 6.45) is 0. The summed E-state index contributed by atoms with van der Waals surface area (Å²) in [4.78, 5) is 11.2. The first kappa shape index (κ1) is 13.7. The summed E-state index contributed by atoms with van der Waals surface area (Å²) < 4.78 is 5.29. The Kier molecular flexibility index (Phi) is 3.66. The molecule has 19 heavy (non-hydrogen) atoms. The zero-order chi connectivity index (χ0) is 14.2. The molecule has 1 aromatic carbocycles. The Morgan fingerprint density at radius 1 is 1.53 bits per heavy atom. The Morgan fingerprint density at radius 2 is 2.21 bits per heavy atom. The lowest BCUT2D eigenvalue weighted by Gasteiger charge is -2.18. The molecule has 1 heterocycles. The second-order valence-corrected chi connectivity index (χ2v) is 4.91. The second-order valence-electron chi connectivity index (χ2n) is 4.48. The fraction of sp³-hybridized carbons (Fsp3) is 0.385. The van der Waals surface area contributed by atoms with Gasteiger partial charge in [-0.3, -0.25) is 5.01 Å². The van der Waals surface area contributed by atoms with E-state index < -0.39 is 12.0 Å². The smallest absolute Gasteiger partial charge is 0.328 e. The first-order chi connectivity index (χ1) is 8.95. The maximum atomic E-state index is 11.2. The quantitative estimate of drug-likeness (QED) is 0.922. The van der Waals surface area contributed by atoms with E-state index in [9.17, 15) is 9.90 Å². The van der Waals surface area contributed by atoms with Gasteiger partial charge in [0.05, 0.1) is 12.8 Å². The minimum absolute atomic E-state index is 0.224. The highest BCUT2D eigenvalue weighted by molar-refractivity contribution is 6.31. The molecule has 1 aliphatic rings. The molecule has 0 bridgehead atoms. The molecule has 2 unspecified atom stereocenters. The Balaban J connectivity index is 2.43. The summed E-state index contributed by atoms with van der Waals surface area (Å²) >= 11 is 5.92. The fourth-order valence-corrected chi connectivity index (χ4v) is 2.51. The Morgan fingerprint density at radius 3 is 2.74 bits per heavy atom. The number of hydrogen-bond donors (Lipinski definition) is 1. The number of benzene rings is 1. The summed E-state index contributed by atoms with van der Waals surface area (Å²) in [5.74, 6) is -0.517. The van der Waals surface area contributed by atoms with E-state index in [0.29, 0.717) is 16.5 Å². The van der Waals surface area contributed by atoms with E-state index in [4.69, 9.17) is 16.3 Å². The van der Waals surface area contributed by atoms with Crippen molar-refractivity contribution < 1.29 is 14.6 Å². The number of hydrogen-bond acceptors (Lipinski definition) is 4. The Hall–Kier alpha value is -1.75. The van der Waals surface area contributed by atoms with Gasteiger partial charge in [-0.1, -0.05) is 18.5 Å². The van der Waals surface area contributed by atoms with E-state index in [1.165, 1.54) is 5.01 Å². The number of likely N-dealkylation sites (N-methyl/N-ethyl adjacent to an activating group) is 1. The molecule has 1 aromatic rings. The number of ether oxygens (including phenoxy) is 1. The minimum Gasteiger partial charge on any atom is -0.496 e. The summed E-state index contributed by atoms with van der Waals surface area (Å²) in [6, 6.07) is 4.58. The largest absolute Gasteiger partial charge is 0.496 e. The van der Waals surface area contributed by atoms with Gasteiger partial charge in [0.15, 0.2) is 6.04 Å². The van der Waals surface area contributed by atoms with Crippen molar-refractivity contribution in [2.24, 2.45) is 11.0 Å². The van der Waals surface area contributed by atoms with Gasteiger partial charge < -0.3 is 9.84 Å². The molecule has 6 heteroatoms. The van der Waals surface area contributed by atoms with Crippen LogP contribution in [0.3, 0.4) is 0 Å². The van der Waals surface area contributed by atoms with Crippen molar-refractivity contribution in [2.45, 2.75) is 13.0 Å². The maximum Gasteiger partial charge on any atom is 0.328 e. The lowest BCUT2D eigenvalue weighted by Crippen LogP contribution is -2.37. The van der Waals surface area contributed by atoms with Gasteiger partial charge in [-0.05, 0) is 18.2 Å². The third-order valence-corrected chi connectivity index (χ3v) is 3.50. The highest BCUT2D eigenvalue weighted by Gasteiger charge is 2.38. The fourth-order valence-electron chi connectivity index (χ4n) is 2.35. The van der Waals surface area contributed by atoms with Crippen LogP contribution in [0.1, 0.15) is 12.5 Å². The summed E-state index contributed by atoms with van der Waals surface area (Å²) in [5, 5.41) is 15.6. The first-order valence-electron chi connectivity index (χ1n) is 5.83. The van der Waals surface area contributed by atoms with Crippen molar-refractivity contribution in [2.75, 3.05) is 14.2 Å². The van der Waals surface area contributed by atoms with Gasteiger partial charge in [-0.25, -0.2) is 4.79 Å². The number of methoxy groups -OCH3 is 1. The van der Waals surface area contributed by atoms with Gasteiger partial charge in [0.1, 0.15) is 5.75 Å². The average Bonchev–Trinajstić information content (AvgIpc) is 2.64. The summed E-state index contributed by atoms with van der Waals surface area (Å²) in [5.41, 5.74) is 1.47. The molecular weight excluding hydrogens is 268 g/mol. The SMILES string of the molecule is COc1cc(Cl)ccc1C1=NN(C)C(C(=O)O)C1C. The molecule has 1 N–H and O–H groups in total. The number of hydrazone groups is 1. The number of carboxylic acids is 1. The molecule has 0 saturated carbocycles. The van der Waals surface area contributed by atoms with Crippen molar-refractivity contribution in [1.82, 2.24) is 5.01 Å². The van der Waals surface area contributed by atoms with Gasteiger partial charge in [-0.2, -0.15) is 5.10 Å². The van der Waals surface area contributed by atoms with Crippen LogP contribution in [0, 0.1) is 5.92 Å². The van der Waals surface area contributed by atoms with Gasteiger partial charge >= 0.3 is 5.97 Å². The second kappa shape index (κ2) is 5.09. The average molecular weight is 283 g/mol. The highest BCUT2D eigenvalue weighted by Crippen LogP contribution is 2.31. The van der Waals surface area contributed by atoms with Crippen molar-refractivity contribution in [1.29, 1.82) is 0 Å². The van der Waals surface area contributed by atoms with Crippen LogP contribution in [0.2, 0.25) is 5.02 Å². The number of carbonyl (C=O) groups is 1. The molecule has 0 aromatic heterocycles. The van der Waals surface area contributed by atoms with Crippen LogP contribution in [-0.4, -0.2) is 42.0 Å². The molecule has 0 amide bonds. The van der Waals surface area contributed by atoms with E-state index in [1.54, 1.807) is 32.4 Å². The van der Waals surface area contributed by atoms with Crippen LogP contribution in [0.4, 0.5) is 0 Å². The van der Waals surface area contributed by atoms with Gasteiger partial charge in [0.2, 0.25) is 0 Å². The predicted octanol–water partition coefficient (Wildman–Crippen LogP) is 2.09. The van der Waals surface area contributed by atoms with Gasteiger partial charge in [0.25, 0.3) is 0 Å². The number of rotatable bonds is 3. The lowest BCUT2D eigenvalue weighted by molar-refractivity contribution is -0.143. The molecule has 2 atom stereocenters. The van der Waals surface area contributed by atoms with Crippen molar-refractivity contribution in [3.63, 3.8) is 0 Å². The van der Waals surface area contributed by atoms with Crippen LogP contribution in [0.25, 0.3) is 0 Å². The van der Waals surface area contributed by atoms with E-state index in [2.05, 4.69) is 5.10 Å². The topological polar surface area (TPSA) is 62.1 Å². The zero-order valence-corrected chi connectivity index (χ0v) is 11.7. The Labute approximate surface area is 116 Å². The molecule has 102 valence electrons. The highest BCUT2D eigenvalue weighted by atomic mass is 35.5. The molecule has 0 aliphatic carbocycles. The third-order valence-electron chi connectivity index (χ3n) is 3.27. The van der Waals surface area contributed by atoms with Crippen molar-refractivity contribution in [3.8, 4) is 5.75 Å². The molecular formula is C13H15ClN2O3. The third kappa shape index (κ3) is 2.38. The van der Waals surface area contributed by atoms with Gasteiger partial charge in [-0.15, -0.1) is 0 Å². The first-order valence-corrected chi connectivity index (χ1v) is 6.21. The molecule has 0 fully saturated rings. The minimum atomic E-state index is -0.887. The molecule has 2 rings (SSSR count). The van der Waals surface area contributed by atoms with E-state index in [1.807, 2.05) is 6.92 Å². The molecule has 0 spiro atoms. The lowest BCUT2D eigenvalue weighted by atomic mass is 9.92. The van der Waals surface area contributed by atoms with Gasteiger partial charge in [0, 0.05) is 23.6 Å². The maximum absolute atomic E-state index is 11.2. The zero-order valence-electron chi connectivity index (χ0n) is 10.9. The summed E-state index contributed by atoms with van der Waals surface area (Å²) in [6.45, 7) is 1.84. The van der Waals surface area contributed by atoms with Crippen LogP contribution >= 0.6 is 11.6 Å². The predicted molar refractivity (Wildman–Crippen MR) is 72.9 cm³/mol. The van der Waals surface area contributed by atoms with Crippen LogP contribution < -0.4 is 4.74 Å². The molecule has 5 nitrogen and oxygen atoms in total. The molecule has 0 radical (unpaired) electrons. The normalized spacial score (nSPS) is 22.3. The van der Waals surface area contributed by atoms with Crippen LogP contribution in [0.15, 0.2) is 23.3 Å². The standard InChI is InChI=1S/C13H15ClN2O3/c1-7-11(15-16(2)12(7)13(17)18)9-5-4-8(14)6-10(9)19-3/h4-7,12H,1-3H3,(H,17,18). The number of halogens is 1. The monoisotopic (exact) mass is 282 g/mol. The van der Waals surface area contributed by atoms with E-state index >= 15 is 0 Å². The van der Waals surface area contributed by atoms with E-state index in [-0.39, 0.29) is 5.92 Å². The van der Waals surface area contributed by atoms with Crippen LogP contribution in [-0.2, 0) is 4.79 Å². The number of aliphatic carboxylic acids is 1. The molecule has 0 saturated heterocycles. The van der Waals surface area contributed by atoms with Crippen LogP contribution in [0.5, 0.6) is 5.75 Å². The Bertz CT molecular complexity index is 545. The van der Waals surface area contributed by atoms with Crippen molar-refractivity contribution in [3.05, 3.63) is 28.8 Å². The van der Waals surface area contributed by atoms with E-state index in [0.717, 1.165) is 5.56 Å². The molecule has 1 aliphatic heterocycles.